The molecule has 1 fully saturated rings. The Kier molecular flexibility index (Phi) is 4.60. The Morgan fingerprint density at radius 1 is 1.29 bits per heavy atom. The third kappa shape index (κ3) is 3.09. The van der Waals surface area contributed by atoms with Gasteiger partial charge in [-0.1, -0.05) is 32.6 Å². The highest BCUT2D eigenvalue weighted by molar-refractivity contribution is 4.97. The molecule has 1 aromatic rings. The summed E-state index contributed by atoms with van der Waals surface area (Å²) >= 11 is 0. The van der Waals surface area contributed by atoms with Crippen LogP contribution in [0.15, 0.2) is 12.4 Å². The van der Waals surface area contributed by atoms with Crippen molar-refractivity contribution in [3.05, 3.63) is 18.2 Å². The Balaban J connectivity index is 2.13. The quantitative estimate of drug-likeness (QED) is 0.875. The van der Waals surface area contributed by atoms with Gasteiger partial charge in [-0.2, -0.15) is 0 Å². The van der Waals surface area contributed by atoms with E-state index in [1.54, 1.807) is 0 Å². The first-order valence-corrected chi connectivity index (χ1v) is 7.02. The van der Waals surface area contributed by atoms with Gasteiger partial charge in [-0.25, -0.2) is 4.98 Å². The second-order valence-corrected chi connectivity index (χ2v) is 5.13. The summed E-state index contributed by atoms with van der Waals surface area (Å²) < 4.78 is 2.22. The van der Waals surface area contributed by atoms with E-state index in [4.69, 9.17) is 0 Å². The standard InChI is InChI=1S/C14H24N2O/c1-2-7-14-15-10-11-16(14)12-8-5-3-4-6-9-13(12)17/h10-13,17H,2-9H2,1H3. The minimum atomic E-state index is -0.194. The fraction of sp³-hybridized carbons (Fsp3) is 0.786. The van der Waals surface area contributed by atoms with Crippen LogP contribution in [0.3, 0.4) is 0 Å². The highest BCUT2D eigenvalue weighted by Crippen LogP contribution is 2.28. The number of imidazole rings is 1. The van der Waals surface area contributed by atoms with Gasteiger partial charge in [0.2, 0.25) is 0 Å². The minimum absolute atomic E-state index is 0.194. The molecule has 2 atom stereocenters. The van der Waals surface area contributed by atoms with E-state index in [-0.39, 0.29) is 12.1 Å². The third-order valence-electron chi connectivity index (χ3n) is 3.77. The van der Waals surface area contributed by atoms with Gasteiger partial charge in [0.15, 0.2) is 0 Å². The lowest BCUT2D eigenvalue weighted by Crippen LogP contribution is -2.26. The van der Waals surface area contributed by atoms with Crippen LogP contribution in [-0.4, -0.2) is 20.8 Å². The zero-order valence-corrected chi connectivity index (χ0v) is 10.8. The number of aromatic nitrogens is 2. The van der Waals surface area contributed by atoms with Crippen LogP contribution in [0.1, 0.15) is 63.7 Å². The van der Waals surface area contributed by atoms with E-state index in [0.717, 1.165) is 37.9 Å². The summed E-state index contributed by atoms with van der Waals surface area (Å²) in [7, 11) is 0. The SMILES string of the molecule is CCCc1nccn1C1CCCCCCC1O. The molecule has 1 aliphatic rings. The summed E-state index contributed by atoms with van der Waals surface area (Å²) in [5.74, 6) is 1.14. The second kappa shape index (κ2) is 6.20. The molecule has 1 saturated carbocycles. The molecule has 1 N–H and O–H groups in total. The Morgan fingerprint density at radius 3 is 2.82 bits per heavy atom. The molecule has 0 radical (unpaired) electrons. The topological polar surface area (TPSA) is 38.0 Å². The Bertz CT molecular complexity index is 335. The largest absolute Gasteiger partial charge is 0.391 e. The first-order chi connectivity index (χ1) is 8.33. The van der Waals surface area contributed by atoms with Crippen LogP contribution in [0.2, 0.25) is 0 Å². The average Bonchev–Trinajstić information content (AvgIpc) is 2.73. The lowest BCUT2D eigenvalue weighted by molar-refractivity contribution is 0.0872. The van der Waals surface area contributed by atoms with E-state index in [0.29, 0.717) is 0 Å². The molecule has 17 heavy (non-hydrogen) atoms. The molecular weight excluding hydrogens is 212 g/mol. The molecule has 0 saturated heterocycles. The van der Waals surface area contributed by atoms with Gasteiger partial charge in [0.1, 0.15) is 5.82 Å². The summed E-state index contributed by atoms with van der Waals surface area (Å²) in [6.45, 7) is 2.17. The molecule has 0 aliphatic heterocycles. The first-order valence-electron chi connectivity index (χ1n) is 7.02. The van der Waals surface area contributed by atoms with Gasteiger partial charge < -0.3 is 9.67 Å². The predicted octanol–water partition coefficient (Wildman–Crippen LogP) is 3.09. The van der Waals surface area contributed by atoms with Gasteiger partial charge in [0, 0.05) is 18.8 Å². The summed E-state index contributed by atoms with van der Waals surface area (Å²) in [6.07, 6.45) is 12.8. The highest BCUT2D eigenvalue weighted by Gasteiger charge is 2.23. The van der Waals surface area contributed by atoms with Gasteiger partial charge in [-0.3, -0.25) is 0 Å². The van der Waals surface area contributed by atoms with Gasteiger partial charge in [-0.15, -0.1) is 0 Å². The van der Waals surface area contributed by atoms with Crippen molar-refractivity contribution in [3.63, 3.8) is 0 Å². The fourth-order valence-corrected chi connectivity index (χ4v) is 2.83. The van der Waals surface area contributed by atoms with Gasteiger partial charge in [-0.05, 0) is 19.3 Å². The Hall–Kier alpha value is -0.830. The predicted molar refractivity (Wildman–Crippen MR) is 69.0 cm³/mol. The van der Waals surface area contributed by atoms with Crippen LogP contribution < -0.4 is 0 Å². The summed E-state index contributed by atoms with van der Waals surface area (Å²) in [5.41, 5.74) is 0. The van der Waals surface area contributed by atoms with E-state index < -0.39 is 0 Å². The van der Waals surface area contributed by atoms with Crippen molar-refractivity contribution in [2.24, 2.45) is 0 Å². The number of aryl methyl sites for hydroxylation is 1. The fourth-order valence-electron chi connectivity index (χ4n) is 2.83. The molecule has 3 heteroatoms. The van der Waals surface area contributed by atoms with Crippen molar-refractivity contribution >= 4 is 0 Å². The number of hydrogen-bond acceptors (Lipinski definition) is 2. The summed E-state index contributed by atoms with van der Waals surface area (Å²) in [5, 5.41) is 10.3. The average molecular weight is 236 g/mol. The highest BCUT2D eigenvalue weighted by atomic mass is 16.3. The molecule has 3 nitrogen and oxygen atoms in total. The van der Waals surface area contributed by atoms with Crippen LogP contribution in [0, 0.1) is 0 Å². The molecule has 0 spiro atoms. The molecular formula is C14H24N2O. The van der Waals surface area contributed by atoms with Gasteiger partial charge >= 0.3 is 0 Å². The van der Waals surface area contributed by atoms with E-state index in [1.165, 1.54) is 19.3 Å². The molecule has 0 aromatic carbocycles. The smallest absolute Gasteiger partial charge is 0.108 e. The van der Waals surface area contributed by atoms with Crippen molar-refractivity contribution in [2.75, 3.05) is 0 Å². The maximum absolute atomic E-state index is 10.3. The Labute approximate surface area is 104 Å². The number of nitrogens with zero attached hydrogens (tertiary/aromatic N) is 2. The van der Waals surface area contributed by atoms with E-state index in [9.17, 15) is 5.11 Å². The van der Waals surface area contributed by atoms with E-state index in [2.05, 4.69) is 16.5 Å². The van der Waals surface area contributed by atoms with Crippen molar-refractivity contribution in [2.45, 2.75) is 70.4 Å². The number of aliphatic hydroxyl groups is 1. The molecule has 1 aromatic heterocycles. The lowest BCUT2D eigenvalue weighted by atomic mass is 9.94. The van der Waals surface area contributed by atoms with Crippen LogP contribution >= 0.6 is 0 Å². The Morgan fingerprint density at radius 2 is 2.06 bits per heavy atom. The maximum Gasteiger partial charge on any atom is 0.108 e. The maximum atomic E-state index is 10.3. The van der Waals surface area contributed by atoms with Crippen molar-refractivity contribution in [1.29, 1.82) is 0 Å². The second-order valence-electron chi connectivity index (χ2n) is 5.13. The molecule has 0 bridgehead atoms. The molecule has 1 heterocycles. The van der Waals surface area contributed by atoms with Gasteiger partial charge in [0.05, 0.1) is 12.1 Å². The van der Waals surface area contributed by atoms with Crippen molar-refractivity contribution in [3.8, 4) is 0 Å². The summed E-state index contributed by atoms with van der Waals surface area (Å²) in [4.78, 5) is 4.42. The number of aliphatic hydroxyl groups excluding tert-OH is 1. The zero-order chi connectivity index (χ0) is 12.1. The first kappa shape index (κ1) is 12.6. The minimum Gasteiger partial charge on any atom is -0.391 e. The summed E-state index contributed by atoms with van der Waals surface area (Å²) in [6, 6.07) is 0.249. The van der Waals surface area contributed by atoms with Crippen LogP contribution in [0.5, 0.6) is 0 Å². The molecule has 96 valence electrons. The molecule has 2 unspecified atom stereocenters. The molecule has 0 amide bonds. The van der Waals surface area contributed by atoms with Crippen LogP contribution in [0.25, 0.3) is 0 Å². The van der Waals surface area contributed by atoms with Crippen molar-refractivity contribution < 1.29 is 5.11 Å². The number of rotatable bonds is 3. The lowest BCUT2D eigenvalue weighted by Gasteiger charge is -2.28. The van der Waals surface area contributed by atoms with E-state index in [1.807, 2.05) is 12.4 Å². The molecule has 2 rings (SSSR count). The van der Waals surface area contributed by atoms with E-state index >= 15 is 0 Å². The molecule has 1 aliphatic carbocycles. The van der Waals surface area contributed by atoms with Crippen LogP contribution in [-0.2, 0) is 6.42 Å². The monoisotopic (exact) mass is 236 g/mol. The zero-order valence-electron chi connectivity index (χ0n) is 10.8. The van der Waals surface area contributed by atoms with Gasteiger partial charge in [0.25, 0.3) is 0 Å². The number of hydrogen-bond donors (Lipinski definition) is 1. The van der Waals surface area contributed by atoms with Crippen LogP contribution in [0.4, 0.5) is 0 Å². The van der Waals surface area contributed by atoms with Crippen molar-refractivity contribution in [1.82, 2.24) is 9.55 Å². The normalized spacial score (nSPS) is 26.5. The third-order valence-corrected chi connectivity index (χ3v) is 3.77.